The molecule has 1 aromatic carbocycles. The van der Waals surface area contributed by atoms with Crippen LogP contribution in [0.15, 0.2) is 36.8 Å². The number of carbonyl (C=O) groups excluding carboxylic acids is 1. The minimum absolute atomic E-state index is 0.0625. The Morgan fingerprint density at radius 3 is 2.79 bits per heavy atom. The summed E-state index contributed by atoms with van der Waals surface area (Å²) in [6.45, 7) is 8.72. The molecule has 1 aliphatic heterocycles. The summed E-state index contributed by atoms with van der Waals surface area (Å²) in [5, 5.41) is 8.23. The molecule has 4 aromatic rings. The Bertz CT molecular complexity index is 1330. The minimum Gasteiger partial charge on any atom is -0.490 e. The molecule has 178 valence electrons. The van der Waals surface area contributed by atoms with Crippen molar-refractivity contribution in [2.45, 2.75) is 45.6 Å². The van der Waals surface area contributed by atoms with Crippen molar-refractivity contribution < 1.29 is 9.53 Å². The molecule has 1 aliphatic rings. The number of pyridine rings is 1. The zero-order valence-corrected chi connectivity index (χ0v) is 20.3. The molecule has 0 unspecified atom stereocenters. The SMILES string of the molecule is CNC(=O)CN1CCC(Oc2ccc3[nH]c(-c4cc(C)c5ncnn5c4)c(C(C)C)c3c2)CC1. The Labute approximate surface area is 199 Å². The molecule has 0 saturated carbocycles. The monoisotopic (exact) mass is 460 g/mol. The fourth-order valence-corrected chi connectivity index (χ4v) is 4.98. The van der Waals surface area contributed by atoms with E-state index < -0.39 is 0 Å². The highest BCUT2D eigenvalue weighted by Crippen LogP contribution is 2.37. The number of piperidine rings is 1. The number of aryl methyl sites for hydroxylation is 1. The van der Waals surface area contributed by atoms with E-state index in [1.54, 1.807) is 13.4 Å². The van der Waals surface area contributed by atoms with Gasteiger partial charge in [0.1, 0.15) is 18.2 Å². The van der Waals surface area contributed by atoms with Gasteiger partial charge in [-0.1, -0.05) is 13.8 Å². The van der Waals surface area contributed by atoms with Gasteiger partial charge < -0.3 is 15.0 Å². The maximum atomic E-state index is 11.6. The molecule has 1 fully saturated rings. The fraction of sp³-hybridized carbons (Fsp3) is 0.423. The molecule has 4 heterocycles. The largest absolute Gasteiger partial charge is 0.490 e. The zero-order valence-electron chi connectivity index (χ0n) is 20.3. The summed E-state index contributed by atoms with van der Waals surface area (Å²) >= 11 is 0. The van der Waals surface area contributed by atoms with Crippen LogP contribution < -0.4 is 10.1 Å². The average molecular weight is 461 g/mol. The number of H-pyrrole nitrogens is 1. The molecule has 0 atom stereocenters. The van der Waals surface area contributed by atoms with E-state index in [1.807, 2.05) is 10.7 Å². The Morgan fingerprint density at radius 1 is 1.26 bits per heavy atom. The van der Waals surface area contributed by atoms with Gasteiger partial charge in [-0.05, 0) is 61.1 Å². The number of aromatic nitrogens is 4. The molecule has 3 aromatic heterocycles. The molecule has 1 amide bonds. The normalized spacial score (nSPS) is 15.4. The molecule has 0 aliphatic carbocycles. The number of nitrogens with zero attached hydrogens (tertiary/aromatic N) is 4. The van der Waals surface area contributed by atoms with E-state index in [-0.39, 0.29) is 12.0 Å². The Morgan fingerprint density at radius 2 is 2.06 bits per heavy atom. The van der Waals surface area contributed by atoms with E-state index in [4.69, 9.17) is 4.74 Å². The molecule has 5 rings (SSSR count). The van der Waals surface area contributed by atoms with Crippen LogP contribution in [0.2, 0.25) is 0 Å². The maximum absolute atomic E-state index is 11.6. The number of carbonyl (C=O) groups is 1. The minimum atomic E-state index is 0.0625. The first-order chi connectivity index (χ1) is 16.4. The van der Waals surface area contributed by atoms with Crippen molar-refractivity contribution in [1.29, 1.82) is 0 Å². The molecule has 1 saturated heterocycles. The number of hydrogen-bond donors (Lipinski definition) is 2. The van der Waals surface area contributed by atoms with E-state index in [2.05, 4.69) is 70.3 Å². The van der Waals surface area contributed by atoms with Crippen molar-refractivity contribution in [1.82, 2.24) is 29.8 Å². The molecule has 0 bridgehead atoms. The van der Waals surface area contributed by atoms with Crippen molar-refractivity contribution >= 4 is 22.5 Å². The molecule has 8 nitrogen and oxygen atoms in total. The van der Waals surface area contributed by atoms with Crippen LogP contribution in [0.3, 0.4) is 0 Å². The van der Waals surface area contributed by atoms with Crippen molar-refractivity contribution in [2.24, 2.45) is 0 Å². The van der Waals surface area contributed by atoms with E-state index >= 15 is 0 Å². The highest BCUT2D eigenvalue weighted by atomic mass is 16.5. The smallest absolute Gasteiger partial charge is 0.233 e. The standard InChI is InChI=1S/C26H32N6O2/c1-16(2)24-21-12-20(34-19-7-9-31(10-8-19)14-23(33)27-4)5-6-22(21)30-25(24)18-11-17(3)26-28-15-29-32(26)13-18/h5-6,11-13,15-16,19,30H,7-10,14H2,1-4H3,(H,27,33). The number of likely N-dealkylation sites (N-methyl/N-ethyl adjacent to an activating group) is 1. The quantitative estimate of drug-likeness (QED) is 0.456. The first-order valence-electron chi connectivity index (χ1n) is 12.0. The lowest BCUT2D eigenvalue weighted by molar-refractivity contribution is -0.122. The van der Waals surface area contributed by atoms with Gasteiger partial charge in [-0.3, -0.25) is 9.69 Å². The van der Waals surface area contributed by atoms with Crippen LogP contribution in [-0.4, -0.2) is 63.2 Å². The predicted molar refractivity (Wildman–Crippen MR) is 133 cm³/mol. The van der Waals surface area contributed by atoms with Gasteiger partial charge in [0.05, 0.1) is 12.2 Å². The predicted octanol–water partition coefficient (Wildman–Crippen LogP) is 3.90. The van der Waals surface area contributed by atoms with Gasteiger partial charge in [-0.25, -0.2) is 9.50 Å². The van der Waals surface area contributed by atoms with Gasteiger partial charge in [0.2, 0.25) is 5.91 Å². The lowest BCUT2D eigenvalue weighted by Gasteiger charge is -2.31. The molecular weight excluding hydrogens is 428 g/mol. The first-order valence-corrected chi connectivity index (χ1v) is 12.0. The van der Waals surface area contributed by atoms with Crippen LogP contribution >= 0.6 is 0 Å². The number of benzene rings is 1. The van der Waals surface area contributed by atoms with Crippen molar-refractivity contribution in [3.63, 3.8) is 0 Å². The number of nitrogens with one attached hydrogen (secondary N) is 2. The van der Waals surface area contributed by atoms with E-state index in [9.17, 15) is 4.79 Å². The highest BCUT2D eigenvalue weighted by molar-refractivity contribution is 5.92. The Hall–Kier alpha value is -3.39. The summed E-state index contributed by atoms with van der Waals surface area (Å²) in [5.41, 5.74) is 6.56. The van der Waals surface area contributed by atoms with E-state index in [0.717, 1.165) is 59.7 Å². The maximum Gasteiger partial charge on any atom is 0.233 e. The van der Waals surface area contributed by atoms with Crippen LogP contribution in [0.1, 0.15) is 43.7 Å². The summed E-state index contributed by atoms with van der Waals surface area (Å²) < 4.78 is 8.23. The van der Waals surface area contributed by atoms with E-state index in [0.29, 0.717) is 12.5 Å². The summed E-state index contributed by atoms with van der Waals surface area (Å²) in [6.07, 6.45) is 5.63. The second-order valence-corrected chi connectivity index (χ2v) is 9.48. The van der Waals surface area contributed by atoms with Gasteiger partial charge in [-0.15, -0.1) is 0 Å². The molecular formula is C26H32N6O2. The second kappa shape index (κ2) is 9.10. The second-order valence-electron chi connectivity index (χ2n) is 9.48. The third-order valence-corrected chi connectivity index (χ3v) is 6.72. The molecule has 34 heavy (non-hydrogen) atoms. The van der Waals surface area contributed by atoms with Crippen LogP contribution in [-0.2, 0) is 4.79 Å². The lowest BCUT2D eigenvalue weighted by Crippen LogP contribution is -2.43. The van der Waals surface area contributed by atoms with Gasteiger partial charge in [-0.2, -0.15) is 5.10 Å². The van der Waals surface area contributed by atoms with Crippen LogP contribution in [0.4, 0.5) is 0 Å². The average Bonchev–Trinajstić information content (AvgIpc) is 3.45. The van der Waals surface area contributed by atoms with E-state index in [1.165, 1.54) is 10.9 Å². The number of amides is 1. The topological polar surface area (TPSA) is 87.5 Å². The zero-order chi connectivity index (χ0) is 23.8. The number of likely N-dealkylation sites (tertiary alicyclic amines) is 1. The Kier molecular flexibility index (Phi) is 6.00. The Balaban J connectivity index is 1.41. The van der Waals surface area contributed by atoms with Gasteiger partial charge in [0.15, 0.2) is 5.65 Å². The number of rotatable bonds is 6. The third-order valence-electron chi connectivity index (χ3n) is 6.72. The fourth-order valence-electron chi connectivity index (χ4n) is 4.98. The van der Waals surface area contributed by atoms with Gasteiger partial charge >= 0.3 is 0 Å². The van der Waals surface area contributed by atoms with Crippen molar-refractivity contribution in [2.75, 3.05) is 26.7 Å². The highest BCUT2D eigenvalue weighted by Gasteiger charge is 2.23. The summed E-state index contributed by atoms with van der Waals surface area (Å²) in [4.78, 5) is 21.8. The molecule has 0 radical (unpaired) electrons. The number of aromatic amines is 1. The molecule has 0 spiro atoms. The summed E-state index contributed by atoms with van der Waals surface area (Å²) in [6, 6.07) is 8.50. The summed E-state index contributed by atoms with van der Waals surface area (Å²) in [7, 11) is 1.68. The first kappa shape index (κ1) is 22.4. The number of ether oxygens (including phenoxy) is 1. The van der Waals surface area contributed by atoms with Gasteiger partial charge in [0.25, 0.3) is 0 Å². The lowest BCUT2D eigenvalue weighted by atomic mass is 9.96. The van der Waals surface area contributed by atoms with Gasteiger partial charge in [0, 0.05) is 42.8 Å². The molecule has 2 N–H and O–H groups in total. The molecule has 8 heteroatoms. The van der Waals surface area contributed by atoms with Crippen LogP contribution in [0, 0.1) is 6.92 Å². The third kappa shape index (κ3) is 4.25. The van der Waals surface area contributed by atoms with Crippen molar-refractivity contribution in [3.05, 3.63) is 47.9 Å². The number of hydrogen-bond acceptors (Lipinski definition) is 5. The van der Waals surface area contributed by atoms with Crippen LogP contribution in [0.25, 0.3) is 27.8 Å². The summed E-state index contributed by atoms with van der Waals surface area (Å²) in [5.74, 6) is 1.29. The van der Waals surface area contributed by atoms with Crippen molar-refractivity contribution in [3.8, 4) is 17.0 Å². The van der Waals surface area contributed by atoms with Crippen LogP contribution in [0.5, 0.6) is 5.75 Å². The number of fused-ring (bicyclic) bond motifs is 2.